The first-order valence-electron chi connectivity index (χ1n) is 27.2. The highest BCUT2D eigenvalue weighted by Crippen LogP contribution is 2.42. The summed E-state index contributed by atoms with van der Waals surface area (Å²) in [6.45, 7) is 21.0. The van der Waals surface area contributed by atoms with E-state index in [1.807, 2.05) is 76.2 Å². The number of carbonyl (C=O) groups excluding carboxylic acids is 8. The first-order valence-corrected chi connectivity index (χ1v) is 27.2. The van der Waals surface area contributed by atoms with E-state index < -0.39 is 23.7 Å². The van der Waals surface area contributed by atoms with Crippen molar-refractivity contribution in [1.29, 1.82) is 0 Å². The van der Waals surface area contributed by atoms with E-state index >= 15 is 0 Å². The minimum absolute atomic E-state index is 0.136. The van der Waals surface area contributed by atoms with Crippen molar-refractivity contribution in [3.63, 3.8) is 0 Å². The number of ether oxygens (including phenoxy) is 4. The molecule has 0 atom stereocenters. The fourth-order valence-corrected chi connectivity index (χ4v) is 10.4. The Morgan fingerprint density at radius 3 is 0.566 bits per heavy atom. The van der Waals surface area contributed by atoms with E-state index in [4.69, 9.17) is 18.9 Å². The zero-order valence-corrected chi connectivity index (χ0v) is 47.1. The van der Waals surface area contributed by atoms with Gasteiger partial charge >= 0.3 is 0 Å². The van der Waals surface area contributed by atoms with Crippen molar-refractivity contribution >= 4 is 46.3 Å². The van der Waals surface area contributed by atoms with Gasteiger partial charge in [-0.05, 0) is 174 Å². The molecule has 0 heterocycles. The molecular weight excluding hydrogens is 961 g/mol. The molecule has 0 N–H and O–H groups in total. The number of ketones is 8. The topological polar surface area (TPSA) is 173 Å². The molecule has 408 valence electrons. The largest absolute Gasteiger partial charge is 0.493 e. The molecule has 0 unspecified atom stereocenters. The van der Waals surface area contributed by atoms with Crippen molar-refractivity contribution in [2.45, 2.75) is 160 Å². The number of fused-ring (bicyclic) bond motifs is 8. The molecule has 0 fully saturated rings. The SMILES string of the molecule is CCCOc1c2cc(CC(C(C)=O)C(C)=O)cc1Cc1cc(CC(C(C)=O)C(C)=O)cc(c1OCCC)Cc1cc(CC(C(C)=O)C(C)=O)cc(c1OCCC)Cc1cc(CC(C(C)=O)C(C)=O)cc(c1OCCC)C2. The van der Waals surface area contributed by atoms with Crippen LogP contribution in [0.3, 0.4) is 0 Å². The standard InChI is InChI=1S/C64H80O12/c1-13-17-73-61-49-21-45(29-57(37(5)65)38(6)66)22-50(61)34-52-24-47(31-59(41(9)69)42(10)70)26-54(63(52)75-19-15-3)36-56-28-48(32-60(43(11)71)44(12)72)27-55(64(56)76-20-16-4)35-53-25-46(30-58(39(7)67)40(8)68)23-51(33-49)62(53)74-18-14-2/h21-28,57-60H,13-20,29-36H2,1-12H3. The van der Waals surface area contributed by atoms with Crippen LogP contribution in [0.25, 0.3) is 0 Å². The maximum atomic E-state index is 13.1. The first-order chi connectivity index (χ1) is 36.1. The molecule has 0 spiro atoms. The van der Waals surface area contributed by atoms with Gasteiger partial charge in [-0.1, -0.05) is 76.2 Å². The molecule has 0 radical (unpaired) electrons. The quantitative estimate of drug-likeness (QED) is 0.0435. The Bertz CT molecular complexity index is 2300. The third-order valence-corrected chi connectivity index (χ3v) is 14.2. The van der Waals surface area contributed by atoms with Crippen LogP contribution in [0.1, 0.15) is 176 Å². The zero-order chi connectivity index (χ0) is 56.0. The fraction of sp³-hybridized carbons (Fsp3) is 0.500. The van der Waals surface area contributed by atoms with Crippen molar-refractivity contribution in [1.82, 2.24) is 0 Å². The molecule has 0 amide bonds. The molecule has 12 nitrogen and oxygen atoms in total. The van der Waals surface area contributed by atoms with E-state index in [0.29, 0.717) is 75.1 Å². The Morgan fingerprint density at radius 1 is 0.303 bits per heavy atom. The van der Waals surface area contributed by atoms with Crippen molar-refractivity contribution in [3.8, 4) is 23.0 Å². The van der Waals surface area contributed by atoms with Gasteiger partial charge in [0.1, 0.15) is 69.3 Å². The molecule has 76 heavy (non-hydrogen) atoms. The summed E-state index contributed by atoms with van der Waals surface area (Å²) in [5.41, 5.74) is 9.02. The lowest BCUT2D eigenvalue weighted by molar-refractivity contribution is -0.131. The summed E-state index contributed by atoms with van der Waals surface area (Å²) >= 11 is 0. The molecule has 5 rings (SSSR count). The van der Waals surface area contributed by atoms with Gasteiger partial charge in [0.25, 0.3) is 0 Å². The molecular formula is C64H80O12. The predicted octanol–water partition coefficient (Wildman–Crippen LogP) is 10.9. The van der Waals surface area contributed by atoms with Gasteiger partial charge in [0.2, 0.25) is 0 Å². The van der Waals surface area contributed by atoms with E-state index in [9.17, 15) is 38.4 Å². The van der Waals surface area contributed by atoms with Gasteiger partial charge in [0.15, 0.2) is 0 Å². The van der Waals surface area contributed by atoms with Crippen LogP contribution in [0.4, 0.5) is 0 Å². The average molecular weight is 1040 g/mol. The molecule has 0 aliphatic heterocycles. The van der Waals surface area contributed by atoms with Gasteiger partial charge in [-0.3, -0.25) is 38.4 Å². The van der Waals surface area contributed by atoms with Crippen LogP contribution >= 0.6 is 0 Å². The number of Topliss-reactive ketones (excluding diaryl/α,β-unsaturated/α-hetero) is 8. The summed E-state index contributed by atoms with van der Waals surface area (Å²) in [6.07, 6.45) is 4.23. The zero-order valence-electron chi connectivity index (χ0n) is 47.1. The molecule has 12 heteroatoms. The van der Waals surface area contributed by atoms with Crippen molar-refractivity contribution in [3.05, 3.63) is 115 Å². The predicted molar refractivity (Wildman–Crippen MR) is 294 cm³/mol. The van der Waals surface area contributed by atoms with Gasteiger partial charge in [0, 0.05) is 25.7 Å². The highest BCUT2D eigenvalue weighted by Gasteiger charge is 2.30. The van der Waals surface area contributed by atoms with Crippen LogP contribution in [0.2, 0.25) is 0 Å². The summed E-state index contributed by atoms with van der Waals surface area (Å²) in [5, 5.41) is 0. The molecule has 0 aromatic heterocycles. The van der Waals surface area contributed by atoms with Crippen molar-refractivity contribution < 1.29 is 57.3 Å². The third kappa shape index (κ3) is 15.8. The van der Waals surface area contributed by atoms with Gasteiger partial charge in [-0.25, -0.2) is 0 Å². The van der Waals surface area contributed by atoms with E-state index in [1.165, 1.54) is 55.4 Å². The smallest absolute Gasteiger partial charge is 0.140 e. The maximum absolute atomic E-state index is 13.1. The lowest BCUT2D eigenvalue weighted by Crippen LogP contribution is -2.23. The van der Waals surface area contributed by atoms with Gasteiger partial charge in [0.05, 0.1) is 50.1 Å². The Kier molecular flexibility index (Phi) is 22.2. The van der Waals surface area contributed by atoms with Gasteiger partial charge < -0.3 is 18.9 Å². The van der Waals surface area contributed by atoms with Crippen LogP contribution in [-0.4, -0.2) is 72.7 Å². The Balaban J connectivity index is 2.06. The second-order valence-electron chi connectivity index (χ2n) is 21.0. The summed E-state index contributed by atoms with van der Waals surface area (Å²) in [6, 6.07) is 16.0. The van der Waals surface area contributed by atoms with Crippen LogP contribution in [-0.2, 0) is 89.7 Å². The minimum Gasteiger partial charge on any atom is -0.493 e. The lowest BCUT2D eigenvalue weighted by atomic mass is 9.84. The number of rotatable bonds is 28. The molecule has 1 aliphatic rings. The molecule has 4 aromatic carbocycles. The average Bonchev–Trinajstić information content (AvgIpc) is 3.33. The molecule has 0 saturated carbocycles. The second-order valence-corrected chi connectivity index (χ2v) is 21.0. The molecule has 8 bridgehead atoms. The van der Waals surface area contributed by atoms with Crippen LogP contribution in [0.15, 0.2) is 48.5 Å². The number of carbonyl (C=O) groups is 8. The second kappa shape index (κ2) is 28.0. The summed E-state index contributed by atoms with van der Waals surface area (Å²) in [4.78, 5) is 105. The Hall–Kier alpha value is -6.56. The van der Waals surface area contributed by atoms with E-state index in [-0.39, 0.29) is 97.6 Å². The van der Waals surface area contributed by atoms with Crippen molar-refractivity contribution in [2.24, 2.45) is 23.7 Å². The van der Waals surface area contributed by atoms with Crippen molar-refractivity contribution in [2.75, 3.05) is 26.4 Å². The Labute approximate surface area is 450 Å². The van der Waals surface area contributed by atoms with Crippen LogP contribution in [0.5, 0.6) is 23.0 Å². The normalized spacial score (nSPS) is 12.2. The number of benzene rings is 4. The molecule has 1 aliphatic carbocycles. The fourth-order valence-electron chi connectivity index (χ4n) is 10.4. The van der Waals surface area contributed by atoms with E-state index in [1.54, 1.807) is 0 Å². The Morgan fingerprint density at radius 2 is 0.447 bits per heavy atom. The first kappa shape index (κ1) is 60.3. The minimum atomic E-state index is -0.896. The molecule has 0 saturated heterocycles. The highest BCUT2D eigenvalue weighted by atomic mass is 16.5. The van der Waals surface area contributed by atoms with E-state index in [2.05, 4.69) is 0 Å². The number of hydrogen-bond acceptors (Lipinski definition) is 12. The van der Waals surface area contributed by atoms with E-state index in [0.717, 1.165) is 66.8 Å². The monoisotopic (exact) mass is 1040 g/mol. The third-order valence-electron chi connectivity index (χ3n) is 14.2. The maximum Gasteiger partial charge on any atom is 0.140 e. The summed E-state index contributed by atoms with van der Waals surface area (Å²) < 4.78 is 27.3. The van der Waals surface area contributed by atoms with Gasteiger partial charge in [-0.2, -0.15) is 0 Å². The highest BCUT2D eigenvalue weighted by molar-refractivity contribution is 6.02. The van der Waals surface area contributed by atoms with Crippen LogP contribution < -0.4 is 18.9 Å². The number of hydrogen-bond donors (Lipinski definition) is 0. The lowest BCUT2D eigenvalue weighted by Gasteiger charge is -2.25. The molecule has 4 aromatic rings. The summed E-state index contributed by atoms with van der Waals surface area (Å²) in [5.74, 6) is -3.17. The van der Waals surface area contributed by atoms with Crippen LogP contribution in [0, 0.1) is 23.7 Å². The summed E-state index contributed by atoms with van der Waals surface area (Å²) in [7, 11) is 0. The van der Waals surface area contributed by atoms with Gasteiger partial charge in [-0.15, -0.1) is 0 Å².